The van der Waals surface area contributed by atoms with Crippen LogP contribution in [-0.2, 0) is 19.1 Å². The van der Waals surface area contributed by atoms with Gasteiger partial charge in [0.1, 0.15) is 0 Å². The number of likely N-dealkylation sites (tertiary alicyclic amines) is 1. The van der Waals surface area contributed by atoms with Gasteiger partial charge in [-0.1, -0.05) is 11.6 Å². The number of ether oxygens (including phenoxy) is 1. The van der Waals surface area contributed by atoms with E-state index in [0.29, 0.717) is 36.7 Å². The molecule has 1 heterocycles. The van der Waals surface area contributed by atoms with E-state index >= 15 is 0 Å². The second kappa shape index (κ2) is 9.68. The van der Waals surface area contributed by atoms with E-state index in [1.807, 2.05) is 12.1 Å². The van der Waals surface area contributed by atoms with Gasteiger partial charge in [-0.25, -0.2) is 0 Å². The highest BCUT2D eigenvalue weighted by atomic mass is 35.5. The van der Waals surface area contributed by atoms with Gasteiger partial charge in [0.2, 0.25) is 5.91 Å². The molecule has 136 valence electrons. The maximum atomic E-state index is 12.0. The van der Waals surface area contributed by atoms with Gasteiger partial charge in [0.05, 0.1) is 6.42 Å². The molecule has 6 nitrogen and oxygen atoms in total. The largest absolute Gasteiger partial charge is 0.456 e. The van der Waals surface area contributed by atoms with Crippen LogP contribution >= 0.6 is 23.4 Å². The molecule has 2 amide bonds. The maximum Gasteiger partial charge on any atom is 0.307 e. The molecular weight excluding hydrogens is 364 g/mol. The lowest BCUT2D eigenvalue weighted by atomic mass is 9.96. The van der Waals surface area contributed by atoms with Crippen LogP contribution < -0.4 is 5.73 Å². The predicted octanol–water partition coefficient (Wildman–Crippen LogP) is 2.09. The number of nitrogens with two attached hydrogens (primary N) is 1. The topological polar surface area (TPSA) is 89.7 Å². The van der Waals surface area contributed by atoms with Crippen molar-refractivity contribution in [3.05, 3.63) is 29.3 Å². The fraction of sp³-hybridized carbons (Fsp3) is 0.471. The number of thioether (sulfide) groups is 1. The van der Waals surface area contributed by atoms with Crippen LogP contribution in [0.5, 0.6) is 0 Å². The minimum absolute atomic E-state index is 0.170. The fourth-order valence-corrected chi connectivity index (χ4v) is 3.46. The molecule has 25 heavy (non-hydrogen) atoms. The molecule has 2 N–H and O–H groups in total. The Morgan fingerprint density at radius 3 is 2.44 bits per heavy atom. The van der Waals surface area contributed by atoms with Gasteiger partial charge in [-0.15, -0.1) is 11.8 Å². The van der Waals surface area contributed by atoms with E-state index in [9.17, 15) is 14.4 Å². The van der Waals surface area contributed by atoms with E-state index in [0.717, 1.165) is 4.90 Å². The van der Waals surface area contributed by atoms with Crippen LogP contribution in [0.4, 0.5) is 0 Å². The number of benzene rings is 1. The van der Waals surface area contributed by atoms with Gasteiger partial charge < -0.3 is 15.4 Å². The SMILES string of the molecule is NC(=O)C1CCN(C(=O)COC(=O)CCSc2ccc(Cl)cc2)CC1. The van der Waals surface area contributed by atoms with Crippen molar-refractivity contribution in [2.24, 2.45) is 11.7 Å². The van der Waals surface area contributed by atoms with Crippen LogP contribution in [0.15, 0.2) is 29.2 Å². The number of carbonyl (C=O) groups excluding carboxylic acids is 3. The number of hydrogen-bond acceptors (Lipinski definition) is 5. The van der Waals surface area contributed by atoms with Gasteiger partial charge in [0, 0.05) is 34.7 Å². The van der Waals surface area contributed by atoms with E-state index in [4.69, 9.17) is 22.1 Å². The Labute approximate surface area is 156 Å². The normalized spacial score (nSPS) is 15.0. The Hall–Kier alpha value is -1.73. The van der Waals surface area contributed by atoms with Crippen LogP contribution in [-0.4, -0.2) is 48.1 Å². The van der Waals surface area contributed by atoms with Crippen molar-refractivity contribution < 1.29 is 19.1 Å². The molecule has 2 rings (SSSR count). The molecule has 0 saturated carbocycles. The van der Waals surface area contributed by atoms with Crippen molar-refractivity contribution in [2.75, 3.05) is 25.4 Å². The van der Waals surface area contributed by atoms with E-state index in [1.54, 1.807) is 17.0 Å². The second-order valence-electron chi connectivity index (χ2n) is 5.77. The minimum atomic E-state index is -0.401. The Kier molecular flexibility index (Phi) is 7.58. The fourth-order valence-electron chi connectivity index (χ4n) is 2.50. The Morgan fingerprint density at radius 1 is 1.20 bits per heavy atom. The van der Waals surface area contributed by atoms with Crippen molar-refractivity contribution in [1.82, 2.24) is 4.90 Å². The van der Waals surface area contributed by atoms with Crippen molar-refractivity contribution in [1.29, 1.82) is 0 Å². The quantitative estimate of drug-likeness (QED) is 0.574. The molecule has 0 spiro atoms. The van der Waals surface area contributed by atoms with E-state index in [1.165, 1.54) is 11.8 Å². The zero-order chi connectivity index (χ0) is 18.2. The van der Waals surface area contributed by atoms with Crippen LogP contribution in [0.25, 0.3) is 0 Å². The van der Waals surface area contributed by atoms with Gasteiger partial charge >= 0.3 is 5.97 Å². The van der Waals surface area contributed by atoms with Crippen LogP contribution in [0, 0.1) is 5.92 Å². The predicted molar refractivity (Wildman–Crippen MR) is 96.3 cm³/mol. The Balaban J connectivity index is 1.62. The first-order valence-electron chi connectivity index (χ1n) is 8.07. The van der Waals surface area contributed by atoms with Gasteiger partial charge in [-0.3, -0.25) is 14.4 Å². The van der Waals surface area contributed by atoms with E-state index < -0.39 is 5.97 Å². The summed E-state index contributed by atoms with van der Waals surface area (Å²) in [6.07, 6.45) is 1.35. The summed E-state index contributed by atoms with van der Waals surface area (Å²) >= 11 is 7.34. The van der Waals surface area contributed by atoms with Crippen LogP contribution in [0.2, 0.25) is 5.02 Å². The number of piperidine rings is 1. The van der Waals surface area contributed by atoms with Gasteiger partial charge in [-0.05, 0) is 37.1 Å². The lowest BCUT2D eigenvalue weighted by Crippen LogP contribution is -2.43. The lowest BCUT2D eigenvalue weighted by Gasteiger charge is -2.30. The van der Waals surface area contributed by atoms with Crippen LogP contribution in [0.3, 0.4) is 0 Å². The second-order valence-corrected chi connectivity index (χ2v) is 7.38. The molecule has 1 aromatic rings. The number of halogens is 1. The molecular formula is C17H21ClN2O4S. The summed E-state index contributed by atoms with van der Waals surface area (Å²) in [6, 6.07) is 7.36. The van der Waals surface area contributed by atoms with Gasteiger partial charge in [-0.2, -0.15) is 0 Å². The van der Waals surface area contributed by atoms with Gasteiger partial charge in [0.15, 0.2) is 6.61 Å². The third-order valence-corrected chi connectivity index (χ3v) is 5.26. The standard InChI is InChI=1S/C17H21ClN2O4S/c18-13-1-3-14(4-2-13)25-10-7-16(22)24-11-15(21)20-8-5-12(6-9-20)17(19)23/h1-4,12H,5-11H2,(H2,19,23). The summed E-state index contributed by atoms with van der Waals surface area (Å²) in [5, 5.41) is 0.669. The molecule has 1 aromatic carbocycles. The first kappa shape index (κ1) is 19.6. The molecule has 0 radical (unpaired) electrons. The molecule has 0 unspecified atom stereocenters. The number of carbonyl (C=O) groups is 3. The minimum Gasteiger partial charge on any atom is -0.456 e. The highest BCUT2D eigenvalue weighted by Crippen LogP contribution is 2.21. The summed E-state index contributed by atoms with van der Waals surface area (Å²) in [4.78, 5) is 37.5. The molecule has 1 aliphatic heterocycles. The average molecular weight is 385 g/mol. The molecule has 8 heteroatoms. The summed E-state index contributed by atoms with van der Waals surface area (Å²) in [5.41, 5.74) is 5.26. The zero-order valence-electron chi connectivity index (χ0n) is 13.8. The number of esters is 1. The van der Waals surface area contributed by atoms with Crippen molar-refractivity contribution >= 4 is 41.1 Å². The zero-order valence-corrected chi connectivity index (χ0v) is 15.4. The van der Waals surface area contributed by atoms with E-state index in [2.05, 4.69) is 0 Å². The summed E-state index contributed by atoms with van der Waals surface area (Å²) in [6.45, 7) is 0.679. The summed E-state index contributed by atoms with van der Waals surface area (Å²) in [5.74, 6) is -0.560. The molecule has 1 fully saturated rings. The highest BCUT2D eigenvalue weighted by molar-refractivity contribution is 7.99. The monoisotopic (exact) mass is 384 g/mol. The molecule has 1 aliphatic rings. The highest BCUT2D eigenvalue weighted by Gasteiger charge is 2.26. The number of nitrogens with zero attached hydrogens (tertiary/aromatic N) is 1. The molecule has 1 saturated heterocycles. The Bertz CT molecular complexity index is 616. The Morgan fingerprint density at radius 2 is 1.84 bits per heavy atom. The van der Waals surface area contributed by atoms with Crippen molar-refractivity contribution in [3.63, 3.8) is 0 Å². The third kappa shape index (κ3) is 6.59. The number of amides is 2. The molecule has 0 aliphatic carbocycles. The number of rotatable bonds is 7. The van der Waals surface area contributed by atoms with Crippen LogP contribution in [0.1, 0.15) is 19.3 Å². The van der Waals surface area contributed by atoms with Crippen molar-refractivity contribution in [2.45, 2.75) is 24.2 Å². The van der Waals surface area contributed by atoms with Crippen molar-refractivity contribution in [3.8, 4) is 0 Å². The van der Waals surface area contributed by atoms with E-state index in [-0.39, 0.29) is 30.8 Å². The summed E-state index contributed by atoms with van der Waals surface area (Å²) in [7, 11) is 0. The molecule has 0 bridgehead atoms. The summed E-state index contributed by atoms with van der Waals surface area (Å²) < 4.78 is 5.03. The first-order valence-corrected chi connectivity index (χ1v) is 9.43. The first-order chi connectivity index (χ1) is 12.0. The lowest BCUT2D eigenvalue weighted by molar-refractivity contribution is -0.152. The molecule has 0 aromatic heterocycles. The number of primary amides is 1. The third-order valence-electron chi connectivity index (χ3n) is 4.00. The maximum absolute atomic E-state index is 12.0. The average Bonchev–Trinajstić information content (AvgIpc) is 2.61. The number of hydrogen-bond donors (Lipinski definition) is 1. The smallest absolute Gasteiger partial charge is 0.307 e. The molecule has 0 atom stereocenters. The van der Waals surface area contributed by atoms with Gasteiger partial charge in [0.25, 0.3) is 5.91 Å².